The van der Waals surface area contributed by atoms with E-state index < -0.39 is 35.6 Å². The lowest BCUT2D eigenvalue weighted by atomic mass is 9.70. The lowest BCUT2D eigenvalue weighted by Crippen LogP contribution is -2.56. The zero-order chi connectivity index (χ0) is 26.9. The fourth-order valence-electron chi connectivity index (χ4n) is 6.30. The van der Waals surface area contributed by atoms with Crippen LogP contribution in [-0.2, 0) is 30.5 Å². The van der Waals surface area contributed by atoms with Gasteiger partial charge in [-0.15, -0.1) is 11.7 Å². The molecule has 11 heteroatoms. The number of aromatic nitrogens is 3. The van der Waals surface area contributed by atoms with E-state index in [9.17, 15) is 19.5 Å². The molecule has 1 aromatic heterocycles. The Hall–Kier alpha value is -3.57. The van der Waals surface area contributed by atoms with Crippen molar-refractivity contribution >= 4 is 28.8 Å². The predicted molar refractivity (Wildman–Crippen MR) is 136 cm³/mol. The molecule has 0 radical (unpaired) electrons. The number of unbranched alkanes of at least 4 members (excludes halogenated alkanes) is 1. The highest BCUT2D eigenvalue weighted by Crippen LogP contribution is 2.58. The smallest absolute Gasteiger partial charge is 0.312 e. The molecule has 4 heterocycles. The number of carbonyl (C=O) groups is 3. The van der Waals surface area contributed by atoms with E-state index in [1.807, 2.05) is 24.3 Å². The molecule has 202 valence electrons. The van der Waals surface area contributed by atoms with Gasteiger partial charge in [-0.25, -0.2) is 4.68 Å². The van der Waals surface area contributed by atoms with Gasteiger partial charge in [0.2, 0.25) is 11.8 Å². The number of rotatable bonds is 12. The highest BCUT2D eigenvalue weighted by atomic mass is 16.6. The zero-order valence-corrected chi connectivity index (χ0v) is 21.3. The fourth-order valence-corrected chi connectivity index (χ4v) is 6.30. The zero-order valence-electron chi connectivity index (χ0n) is 21.3. The minimum absolute atomic E-state index is 0.0216. The van der Waals surface area contributed by atoms with Crippen LogP contribution in [0.5, 0.6) is 0 Å². The molecule has 2 unspecified atom stereocenters. The number of fused-ring (bicyclic) bond motifs is 2. The SMILES string of the molecule is C=CCOC(=O)[C@@H]1[C@@H]2CCC3(O2)C(C(=O)N(CC=C)Cn2nnc4ccccc42)N(CCCCO)C(=O)[C@H]13. The third kappa shape index (κ3) is 4.19. The molecule has 1 aromatic carbocycles. The van der Waals surface area contributed by atoms with Crippen LogP contribution >= 0.6 is 0 Å². The monoisotopic (exact) mass is 523 g/mol. The van der Waals surface area contributed by atoms with Gasteiger partial charge in [-0.05, 0) is 37.8 Å². The molecule has 0 saturated carbocycles. The number of hydrogen-bond acceptors (Lipinski definition) is 8. The van der Waals surface area contributed by atoms with Crippen molar-refractivity contribution in [1.82, 2.24) is 24.8 Å². The van der Waals surface area contributed by atoms with Crippen LogP contribution in [0.2, 0.25) is 0 Å². The Kier molecular flexibility index (Phi) is 7.31. The summed E-state index contributed by atoms with van der Waals surface area (Å²) in [6, 6.07) is 6.54. The van der Waals surface area contributed by atoms with E-state index in [0.717, 1.165) is 5.52 Å². The van der Waals surface area contributed by atoms with E-state index in [-0.39, 0.29) is 44.8 Å². The van der Waals surface area contributed by atoms with Gasteiger partial charge in [0.1, 0.15) is 30.4 Å². The molecule has 38 heavy (non-hydrogen) atoms. The Bertz CT molecular complexity index is 1250. The number of esters is 1. The lowest BCUT2D eigenvalue weighted by Gasteiger charge is -2.36. The van der Waals surface area contributed by atoms with Crippen LogP contribution < -0.4 is 0 Å². The Morgan fingerprint density at radius 3 is 2.84 bits per heavy atom. The van der Waals surface area contributed by atoms with Crippen molar-refractivity contribution in [3.63, 3.8) is 0 Å². The number of ether oxygens (including phenoxy) is 2. The highest BCUT2D eigenvalue weighted by Gasteiger charge is 2.75. The van der Waals surface area contributed by atoms with Crippen LogP contribution in [0.3, 0.4) is 0 Å². The van der Waals surface area contributed by atoms with E-state index in [2.05, 4.69) is 23.5 Å². The van der Waals surface area contributed by atoms with Gasteiger partial charge in [0.15, 0.2) is 0 Å². The summed E-state index contributed by atoms with van der Waals surface area (Å²) in [7, 11) is 0. The van der Waals surface area contributed by atoms with Crippen molar-refractivity contribution in [1.29, 1.82) is 0 Å². The first kappa shape index (κ1) is 26.1. The molecule has 5 rings (SSSR count). The number of aliphatic hydroxyl groups is 1. The molecule has 5 atom stereocenters. The van der Waals surface area contributed by atoms with Gasteiger partial charge in [0.25, 0.3) is 0 Å². The number of hydrogen-bond donors (Lipinski definition) is 1. The lowest BCUT2D eigenvalue weighted by molar-refractivity contribution is -0.154. The summed E-state index contributed by atoms with van der Waals surface area (Å²) in [5.74, 6) is -2.67. The first-order valence-electron chi connectivity index (χ1n) is 13.0. The molecule has 3 saturated heterocycles. The van der Waals surface area contributed by atoms with Crippen LogP contribution in [0.15, 0.2) is 49.6 Å². The Morgan fingerprint density at radius 1 is 1.26 bits per heavy atom. The van der Waals surface area contributed by atoms with Gasteiger partial charge in [0.05, 0.1) is 23.5 Å². The molecule has 2 aromatic rings. The highest BCUT2D eigenvalue weighted by molar-refractivity contribution is 5.98. The maximum atomic E-state index is 14.3. The number of para-hydroxylation sites is 1. The number of aliphatic hydroxyl groups excluding tert-OH is 1. The largest absolute Gasteiger partial charge is 0.461 e. The van der Waals surface area contributed by atoms with Crippen LogP contribution in [-0.4, -0.2) is 91.7 Å². The third-order valence-corrected chi connectivity index (χ3v) is 7.84. The van der Waals surface area contributed by atoms with Gasteiger partial charge in [-0.2, -0.15) is 0 Å². The topological polar surface area (TPSA) is 127 Å². The van der Waals surface area contributed by atoms with Gasteiger partial charge >= 0.3 is 5.97 Å². The van der Waals surface area contributed by atoms with E-state index in [4.69, 9.17) is 9.47 Å². The number of carbonyl (C=O) groups excluding carboxylic acids is 3. The van der Waals surface area contributed by atoms with Crippen molar-refractivity contribution < 1.29 is 29.0 Å². The molecule has 11 nitrogen and oxygen atoms in total. The van der Waals surface area contributed by atoms with Gasteiger partial charge in [0, 0.05) is 19.7 Å². The normalized spacial score (nSPS) is 27.5. The van der Waals surface area contributed by atoms with E-state index >= 15 is 0 Å². The van der Waals surface area contributed by atoms with Gasteiger partial charge in [-0.1, -0.05) is 36.1 Å². The number of likely N-dealkylation sites (tertiary alicyclic amines) is 1. The van der Waals surface area contributed by atoms with Crippen molar-refractivity contribution in [3.05, 3.63) is 49.6 Å². The molecular formula is C27H33N5O6. The Morgan fingerprint density at radius 2 is 2.08 bits per heavy atom. The summed E-state index contributed by atoms with van der Waals surface area (Å²) < 4.78 is 13.4. The summed E-state index contributed by atoms with van der Waals surface area (Å²) in [6.45, 7) is 8.02. The van der Waals surface area contributed by atoms with Gasteiger partial charge in [-0.3, -0.25) is 14.4 Å². The fraction of sp³-hybridized carbons (Fsp3) is 0.519. The van der Waals surface area contributed by atoms with Crippen molar-refractivity contribution in [2.45, 2.75) is 50.1 Å². The Balaban J connectivity index is 1.49. The molecule has 2 bridgehead atoms. The number of nitrogens with zero attached hydrogens (tertiary/aromatic N) is 5. The van der Waals surface area contributed by atoms with Gasteiger partial charge < -0.3 is 24.4 Å². The second-order valence-electron chi connectivity index (χ2n) is 10.0. The summed E-state index contributed by atoms with van der Waals surface area (Å²) in [4.78, 5) is 44.4. The van der Waals surface area contributed by atoms with Crippen LogP contribution in [0.25, 0.3) is 11.0 Å². The third-order valence-electron chi connectivity index (χ3n) is 7.84. The second kappa shape index (κ2) is 10.7. The quantitative estimate of drug-likeness (QED) is 0.250. The molecular weight excluding hydrogens is 490 g/mol. The van der Waals surface area contributed by atoms with Crippen LogP contribution in [0, 0.1) is 11.8 Å². The van der Waals surface area contributed by atoms with E-state index in [1.54, 1.807) is 20.6 Å². The van der Waals surface area contributed by atoms with Crippen molar-refractivity contribution in [2.75, 3.05) is 26.3 Å². The average molecular weight is 524 g/mol. The molecule has 3 aliphatic heterocycles. The van der Waals surface area contributed by atoms with Crippen molar-refractivity contribution in [3.8, 4) is 0 Å². The molecule has 0 aliphatic carbocycles. The van der Waals surface area contributed by atoms with Crippen LogP contribution in [0.4, 0.5) is 0 Å². The van der Waals surface area contributed by atoms with Crippen molar-refractivity contribution in [2.24, 2.45) is 11.8 Å². The molecule has 1 spiro atoms. The maximum absolute atomic E-state index is 14.3. The number of benzene rings is 1. The van der Waals surface area contributed by atoms with E-state index in [0.29, 0.717) is 31.2 Å². The van der Waals surface area contributed by atoms with Crippen LogP contribution in [0.1, 0.15) is 25.7 Å². The summed E-state index contributed by atoms with van der Waals surface area (Å²) in [6.07, 6.45) is 4.66. The predicted octanol–water partition coefficient (Wildman–Crippen LogP) is 1.28. The molecule has 1 N–H and O–H groups in total. The maximum Gasteiger partial charge on any atom is 0.312 e. The Labute approximate surface area is 220 Å². The minimum Gasteiger partial charge on any atom is -0.461 e. The summed E-state index contributed by atoms with van der Waals surface area (Å²) >= 11 is 0. The second-order valence-corrected chi connectivity index (χ2v) is 10.0. The standard InChI is InChI=1S/C27H33N5O6/c1-3-13-30(17-32-19-10-6-5-9-18(19)28-29-32)25(35)23-27-12-11-20(38-27)21(26(36)37-16-4-2)22(27)24(34)31(23)14-7-8-15-33/h3-6,9-10,20-23,33H,1-2,7-8,11-17H2/t20-,21+,22-,23?,27?/m0/s1. The molecule has 2 amide bonds. The summed E-state index contributed by atoms with van der Waals surface area (Å²) in [5.41, 5.74) is 0.355. The first-order valence-corrected chi connectivity index (χ1v) is 13.0. The first-order chi connectivity index (χ1) is 18.5. The summed E-state index contributed by atoms with van der Waals surface area (Å²) in [5, 5.41) is 17.7. The number of amides is 2. The molecule has 3 aliphatic rings. The minimum atomic E-state index is -1.13. The molecule has 3 fully saturated rings. The van der Waals surface area contributed by atoms with E-state index in [1.165, 1.54) is 6.08 Å². The average Bonchev–Trinajstić information content (AvgIpc) is 3.67.